The highest BCUT2D eigenvalue weighted by molar-refractivity contribution is 7.10. The fourth-order valence-corrected chi connectivity index (χ4v) is 4.85. The van der Waals surface area contributed by atoms with Crippen LogP contribution in [-0.4, -0.2) is 61.6 Å². The minimum atomic E-state index is -0.363. The van der Waals surface area contributed by atoms with Crippen LogP contribution < -0.4 is 4.74 Å². The fourth-order valence-electron chi connectivity index (χ4n) is 3.92. The molecule has 0 bridgehead atoms. The van der Waals surface area contributed by atoms with Gasteiger partial charge in [-0.2, -0.15) is 0 Å². The third-order valence-electron chi connectivity index (χ3n) is 5.75. The van der Waals surface area contributed by atoms with E-state index in [-0.39, 0.29) is 42.7 Å². The Morgan fingerprint density at radius 1 is 1.29 bits per heavy atom. The molecule has 2 aliphatic rings. The topological polar surface area (TPSA) is 59.1 Å². The summed E-state index contributed by atoms with van der Waals surface area (Å²) < 4.78 is 24.5. The summed E-state index contributed by atoms with van der Waals surface area (Å²) in [5.41, 5.74) is 1.07. The van der Waals surface area contributed by atoms with E-state index >= 15 is 0 Å². The van der Waals surface area contributed by atoms with E-state index in [0.717, 1.165) is 24.8 Å². The Balaban J connectivity index is 1.48. The second kappa shape index (κ2) is 9.78. The van der Waals surface area contributed by atoms with Crippen molar-refractivity contribution in [2.24, 2.45) is 5.92 Å². The van der Waals surface area contributed by atoms with Crippen LogP contribution in [0.2, 0.25) is 0 Å². The van der Waals surface area contributed by atoms with Crippen molar-refractivity contribution in [3.63, 3.8) is 0 Å². The van der Waals surface area contributed by atoms with Gasteiger partial charge in [-0.3, -0.25) is 9.59 Å². The van der Waals surface area contributed by atoms with Crippen molar-refractivity contribution < 1.29 is 23.5 Å². The maximum absolute atomic E-state index is 13.5. The van der Waals surface area contributed by atoms with Gasteiger partial charge in [-0.15, -0.1) is 11.3 Å². The number of carbonyl (C=O) groups is 2. The summed E-state index contributed by atoms with van der Waals surface area (Å²) in [6, 6.07) is 7.76. The highest BCUT2D eigenvalue weighted by Gasteiger charge is 2.37. The molecular weight excluding hydrogens is 419 g/mol. The lowest BCUT2D eigenvalue weighted by molar-refractivity contribution is -0.143. The molecule has 1 aromatic heterocycles. The summed E-state index contributed by atoms with van der Waals surface area (Å²) >= 11 is 1.67. The van der Waals surface area contributed by atoms with E-state index in [9.17, 15) is 14.0 Å². The predicted octanol–water partition coefficient (Wildman–Crippen LogP) is 3.28. The van der Waals surface area contributed by atoms with Gasteiger partial charge in [-0.25, -0.2) is 4.39 Å². The van der Waals surface area contributed by atoms with Gasteiger partial charge in [0.05, 0.1) is 19.2 Å². The Labute approximate surface area is 185 Å². The smallest absolute Gasteiger partial charge is 0.242 e. The quantitative estimate of drug-likeness (QED) is 0.593. The van der Waals surface area contributed by atoms with E-state index in [1.807, 2.05) is 11.4 Å². The zero-order valence-electron chi connectivity index (χ0n) is 17.6. The molecule has 1 atom stereocenters. The van der Waals surface area contributed by atoms with Gasteiger partial charge in [0.15, 0.2) is 0 Å². The molecule has 2 amide bonds. The summed E-state index contributed by atoms with van der Waals surface area (Å²) in [5.74, 6) is 0.0423. The first-order valence-corrected chi connectivity index (χ1v) is 11.5. The molecule has 1 aliphatic heterocycles. The van der Waals surface area contributed by atoms with Crippen molar-refractivity contribution in [1.29, 1.82) is 0 Å². The predicted molar refractivity (Wildman–Crippen MR) is 116 cm³/mol. The monoisotopic (exact) mass is 446 g/mol. The molecule has 0 radical (unpaired) electrons. The fraction of sp³-hybridized carbons (Fsp3) is 0.478. The first-order chi connectivity index (χ1) is 15.1. The molecule has 166 valence electrons. The molecule has 1 fully saturated rings. The third kappa shape index (κ3) is 5.25. The zero-order chi connectivity index (χ0) is 21.8. The molecule has 1 aliphatic carbocycles. The molecular formula is C23H27FN2O4S. The van der Waals surface area contributed by atoms with E-state index in [0.29, 0.717) is 25.4 Å². The van der Waals surface area contributed by atoms with Gasteiger partial charge < -0.3 is 19.3 Å². The van der Waals surface area contributed by atoms with E-state index in [1.165, 1.54) is 17.0 Å². The summed E-state index contributed by atoms with van der Waals surface area (Å²) in [6.07, 6.45) is 2.56. The number of thiophene rings is 1. The van der Waals surface area contributed by atoms with Crippen LogP contribution in [0.15, 0.2) is 35.7 Å². The first kappa shape index (κ1) is 21.8. The van der Waals surface area contributed by atoms with Gasteiger partial charge >= 0.3 is 0 Å². The molecule has 31 heavy (non-hydrogen) atoms. The number of halogens is 1. The molecule has 0 spiro atoms. The Bertz CT molecular complexity index is 930. The average Bonchev–Trinajstić information content (AvgIpc) is 3.51. The van der Waals surface area contributed by atoms with Gasteiger partial charge in [-0.1, -0.05) is 6.07 Å². The van der Waals surface area contributed by atoms with Crippen molar-refractivity contribution in [1.82, 2.24) is 9.80 Å². The van der Waals surface area contributed by atoms with Crippen LogP contribution in [0.25, 0.3) is 0 Å². The van der Waals surface area contributed by atoms with Crippen molar-refractivity contribution in [3.8, 4) is 5.75 Å². The van der Waals surface area contributed by atoms with E-state index in [2.05, 4.69) is 0 Å². The highest BCUT2D eigenvalue weighted by atomic mass is 32.1. The summed E-state index contributed by atoms with van der Waals surface area (Å²) in [4.78, 5) is 30.6. The van der Waals surface area contributed by atoms with Crippen LogP contribution in [0.5, 0.6) is 5.75 Å². The number of fused-ring (bicyclic) bond motifs is 1. The van der Waals surface area contributed by atoms with Crippen molar-refractivity contribution in [3.05, 3.63) is 52.0 Å². The maximum atomic E-state index is 13.5. The second-order valence-electron chi connectivity index (χ2n) is 7.95. The number of carbonyl (C=O) groups excluding carboxylic acids is 2. The molecule has 8 heteroatoms. The molecule has 2 heterocycles. The molecule has 0 unspecified atom stereocenters. The Hall–Kier alpha value is -2.45. The molecule has 0 saturated heterocycles. The zero-order valence-corrected chi connectivity index (χ0v) is 18.4. The third-order valence-corrected chi connectivity index (χ3v) is 6.75. The van der Waals surface area contributed by atoms with Crippen LogP contribution >= 0.6 is 11.3 Å². The average molecular weight is 447 g/mol. The Kier molecular flexibility index (Phi) is 6.87. The number of rotatable bonds is 9. The normalized spacial score (nSPS) is 17.9. The number of nitrogens with zero attached hydrogens (tertiary/aromatic N) is 2. The summed E-state index contributed by atoms with van der Waals surface area (Å²) in [7, 11) is 1.59. The minimum Gasteiger partial charge on any atom is -0.491 e. The molecule has 1 saturated carbocycles. The molecule has 2 aromatic rings. The summed E-state index contributed by atoms with van der Waals surface area (Å²) in [6.45, 7) is 1.63. The Morgan fingerprint density at radius 2 is 2.13 bits per heavy atom. The molecule has 1 aromatic carbocycles. The molecule has 6 nitrogen and oxygen atoms in total. The number of ether oxygens (including phenoxy) is 2. The highest BCUT2D eigenvalue weighted by Crippen LogP contribution is 2.35. The standard InChI is InChI=1S/C23H27FN2O4S/c1-29-11-10-25(23(28)16-5-6-16)14-22(27)26-9-7-21-19(8-12-31-21)20(26)15-30-18-4-2-3-17(24)13-18/h2-4,8,12-13,16,20H,5-7,9-11,14-15H2,1H3/t20-/m1/s1. The lowest BCUT2D eigenvalue weighted by Gasteiger charge is -2.37. The minimum absolute atomic E-state index is 0.0335. The largest absolute Gasteiger partial charge is 0.491 e. The van der Waals surface area contributed by atoms with Crippen LogP contribution in [-0.2, 0) is 20.7 Å². The molecule has 0 N–H and O–H groups in total. The number of hydrogen-bond acceptors (Lipinski definition) is 5. The van der Waals surface area contributed by atoms with E-state index < -0.39 is 0 Å². The van der Waals surface area contributed by atoms with Crippen molar-refractivity contribution in [2.45, 2.75) is 25.3 Å². The van der Waals surface area contributed by atoms with Crippen LogP contribution in [0, 0.1) is 11.7 Å². The van der Waals surface area contributed by atoms with Crippen molar-refractivity contribution in [2.75, 3.05) is 40.0 Å². The first-order valence-electron chi connectivity index (χ1n) is 10.6. The van der Waals surface area contributed by atoms with Gasteiger partial charge in [0.2, 0.25) is 11.8 Å². The molecule has 4 rings (SSSR count). The second-order valence-corrected chi connectivity index (χ2v) is 8.95. The maximum Gasteiger partial charge on any atom is 0.242 e. The van der Waals surface area contributed by atoms with Crippen LogP contribution in [0.1, 0.15) is 29.3 Å². The number of benzene rings is 1. The summed E-state index contributed by atoms with van der Waals surface area (Å²) in [5, 5.41) is 2.02. The van der Waals surface area contributed by atoms with Crippen molar-refractivity contribution >= 4 is 23.2 Å². The number of methoxy groups -OCH3 is 1. The van der Waals surface area contributed by atoms with Crippen LogP contribution in [0.3, 0.4) is 0 Å². The number of amides is 2. The lowest BCUT2D eigenvalue weighted by atomic mass is 10.0. The Morgan fingerprint density at radius 3 is 2.87 bits per heavy atom. The van der Waals surface area contributed by atoms with E-state index in [4.69, 9.17) is 9.47 Å². The van der Waals surface area contributed by atoms with Gasteiger partial charge in [0, 0.05) is 37.1 Å². The van der Waals surface area contributed by atoms with Crippen LogP contribution in [0.4, 0.5) is 4.39 Å². The SMILES string of the molecule is COCCN(CC(=O)N1CCc2sccc2[C@H]1COc1cccc(F)c1)C(=O)C1CC1. The number of hydrogen-bond donors (Lipinski definition) is 0. The van der Waals surface area contributed by atoms with E-state index in [1.54, 1.807) is 40.4 Å². The van der Waals surface area contributed by atoms with Gasteiger partial charge in [0.1, 0.15) is 18.2 Å². The van der Waals surface area contributed by atoms with Gasteiger partial charge in [0.25, 0.3) is 0 Å². The van der Waals surface area contributed by atoms with Gasteiger partial charge in [-0.05, 0) is 48.4 Å². The lowest BCUT2D eigenvalue weighted by Crippen LogP contribution is -2.48.